The number of aromatic nitrogens is 1. The zero-order valence-electron chi connectivity index (χ0n) is 16.0. The Morgan fingerprint density at radius 3 is 2.89 bits per heavy atom. The Balaban J connectivity index is 1.66. The van der Waals surface area contributed by atoms with Gasteiger partial charge in [0.05, 0.1) is 4.92 Å². The molecule has 0 N–H and O–H groups in total. The van der Waals surface area contributed by atoms with Crippen LogP contribution in [0.1, 0.15) is 33.6 Å². The molecule has 152 valence electrons. The van der Waals surface area contributed by atoms with Crippen molar-refractivity contribution in [3.63, 3.8) is 0 Å². The Bertz CT molecular complexity index is 920. The first kappa shape index (κ1) is 20.2. The average molecular weight is 409 g/mol. The standard InChI is InChI=1S/C18H23N3O6S/c1-18(2,3)27-17(22)20-8-4-5-12(10-20)11-28(25)16-19-14-9-13(21(23)24)6-7-15(14)26-16/h6-7,9,12H,4-5,8,10-11H2,1-3H3/t12-,28+/m0/s1. The van der Waals surface area contributed by atoms with Gasteiger partial charge in [0, 0.05) is 31.0 Å². The smallest absolute Gasteiger partial charge is 0.410 e. The van der Waals surface area contributed by atoms with E-state index in [1.165, 1.54) is 18.2 Å². The number of likely N-dealkylation sites (tertiary alicyclic amines) is 1. The molecule has 0 radical (unpaired) electrons. The second kappa shape index (κ2) is 7.86. The maximum atomic E-state index is 12.7. The van der Waals surface area contributed by atoms with E-state index in [-0.39, 0.29) is 22.9 Å². The lowest BCUT2D eigenvalue weighted by Gasteiger charge is -2.33. The van der Waals surface area contributed by atoms with Gasteiger partial charge in [0.15, 0.2) is 5.58 Å². The summed E-state index contributed by atoms with van der Waals surface area (Å²) < 4.78 is 23.6. The monoisotopic (exact) mass is 409 g/mol. The molecule has 1 fully saturated rings. The number of ether oxygens (including phenoxy) is 1. The minimum absolute atomic E-state index is 0.0338. The van der Waals surface area contributed by atoms with Gasteiger partial charge in [-0.25, -0.2) is 14.0 Å². The van der Waals surface area contributed by atoms with Gasteiger partial charge in [0.1, 0.15) is 21.9 Å². The molecule has 2 atom stereocenters. The van der Waals surface area contributed by atoms with Gasteiger partial charge in [-0.05, 0) is 45.6 Å². The van der Waals surface area contributed by atoms with Crippen LogP contribution >= 0.6 is 0 Å². The van der Waals surface area contributed by atoms with Crippen LogP contribution < -0.4 is 0 Å². The zero-order valence-corrected chi connectivity index (χ0v) is 16.9. The van der Waals surface area contributed by atoms with Gasteiger partial charge < -0.3 is 14.1 Å². The van der Waals surface area contributed by atoms with Gasteiger partial charge >= 0.3 is 6.09 Å². The first-order chi connectivity index (χ1) is 13.1. The van der Waals surface area contributed by atoms with Crippen LogP contribution in [0.5, 0.6) is 0 Å². The van der Waals surface area contributed by atoms with E-state index in [0.717, 1.165) is 12.8 Å². The lowest BCUT2D eigenvalue weighted by molar-refractivity contribution is -0.384. The van der Waals surface area contributed by atoms with E-state index in [1.807, 2.05) is 20.8 Å². The van der Waals surface area contributed by atoms with Gasteiger partial charge in [0.25, 0.3) is 10.9 Å². The number of nitro benzene ring substituents is 1. The number of carbonyl (C=O) groups excluding carboxylic acids is 1. The van der Waals surface area contributed by atoms with E-state index in [4.69, 9.17) is 9.15 Å². The molecule has 1 aromatic heterocycles. The van der Waals surface area contributed by atoms with Crippen LogP contribution in [-0.4, -0.2) is 49.6 Å². The Kier molecular flexibility index (Phi) is 5.69. The molecular formula is C18H23N3O6S. The molecule has 3 rings (SSSR count). The topological polar surface area (TPSA) is 116 Å². The summed E-state index contributed by atoms with van der Waals surface area (Å²) in [6, 6.07) is 4.07. The molecule has 0 unspecified atom stereocenters. The normalized spacial score (nSPS) is 18.8. The van der Waals surface area contributed by atoms with Crippen molar-refractivity contribution in [3.8, 4) is 0 Å². The SMILES string of the molecule is CC(C)(C)OC(=O)N1CCC[C@H](C[S@@](=O)c2nc3cc([N+](=O)[O-])ccc3o2)C1. The van der Waals surface area contributed by atoms with Gasteiger partial charge in [-0.1, -0.05) is 0 Å². The Labute approximate surface area is 164 Å². The summed E-state index contributed by atoms with van der Waals surface area (Å²) in [5.74, 6) is 0.334. The lowest BCUT2D eigenvalue weighted by atomic mass is 10.0. The van der Waals surface area contributed by atoms with Crippen LogP contribution in [0.15, 0.2) is 27.8 Å². The molecule has 1 aromatic carbocycles. The Hall–Kier alpha value is -2.49. The summed E-state index contributed by atoms with van der Waals surface area (Å²) in [6.45, 7) is 6.54. The van der Waals surface area contributed by atoms with Crippen LogP contribution in [0.3, 0.4) is 0 Å². The van der Waals surface area contributed by atoms with Crippen molar-refractivity contribution in [2.75, 3.05) is 18.8 Å². The molecule has 1 amide bonds. The third kappa shape index (κ3) is 4.86. The van der Waals surface area contributed by atoms with E-state index in [1.54, 1.807) is 4.90 Å². The first-order valence-corrected chi connectivity index (χ1v) is 10.4. The first-order valence-electron chi connectivity index (χ1n) is 9.03. The number of hydrogen-bond donors (Lipinski definition) is 0. The second-order valence-corrected chi connectivity index (χ2v) is 9.21. The van der Waals surface area contributed by atoms with E-state index in [0.29, 0.717) is 29.9 Å². The third-order valence-corrected chi connectivity index (χ3v) is 5.65. The van der Waals surface area contributed by atoms with Crippen molar-refractivity contribution in [3.05, 3.63) is 28.3 Å². The summed E-state index contributed by atoms with van der Waals surface area (Å²) in [6.07, 6.45) is 1.29. The minimum atomic E-state index is -1.50. The van der Waals surface area contributed by atoms with Crippen molar-refractivity contribution in [1.29, 1.82) is 0 Å². The summed E-state index contributed by atoms with van der Waals surface area (Å²) >= 11 is 0. The molecule has 0 aliphatic carbocycles. The van der Waals surface area contributed by atoms with Gasteiger partial charge in [-0.2, -0.15) is 0 Å². The van der Waals surface area contributed by atoms with Crippen molar-refractivity contribution < 1.29 is 23.1 Å². The van der Waals surface area contributed by atoms with Gasteiger partial charge in [-0.15, -0.1) is 0 Å². The number of nitro groups is 1. The Morgan fingerprint density at radius 2 is 2.21 bits per heavy atom. The number of rotatable bonds is 4. The molecule has 1 saturated heterocycles. The van der Waals surface area contributed by atoms with Crippen LogP contribution in [0.25, 0.3) is 11.1 Å². The molecule has 28 heavy (non-hydrogen) atoms. The van der Waals surface area contributed by atoms with Crippen LogP contribution in [0.2, 0.25) is 0 Å². The number of oxazole rings is 1. The minimum Gasteiger partial charge on any atom is -0.444 e. The number of non-ortho nitro benzene ring substituents is 1. The average Bonchev–Trinajstić information content (AvgIpc) is 3.04. The molecule has 0 spiro atoms. The van der Waals surface area contributed by atoms with Crippen LogP contribution in [0, 0.1) is 16.0 Å². The number of carbonyl (C=O) groups is 1. The van der Waals surface area contributed by atoms with Crippen molar-refractivity contribution in [1.82, 2.24) is 9.88 Å². The van der Waals surface area contributed by atoms with Crippen molar-refractivity contribution >= 4 is 33.7 Å². The number of piperidine rings is 1. The maximum absolute atomic E-state index is 12.7. The summed E-state index contributed by atoms with van der Waals surface area (Å²) in [7, 11) is -1.50. The highest BCUT2D eigenvalue weighted by Gasteiger charge is 2.29. The largest absolute Gasteiger partial charge is 0.444 e. The van der Waals surface area contributed by atoms with E-state index in [2.05, 4.69) is 4.98 Å². The summed E-state index contributed by atoms with van der Waals surface area (Å²) in [4.78, 5) is 28.4. The van der Waals surface area contributed by atoms with Crippen molar-refractivity contribution in [2.45, 2.75) is 44.4 Å². The molecule has 1 aliphatic heterocycles. The predicted molar refractivity (Wildman–Crippen MR) is 102 cm³/mol. The molecular weight excluding hydrogens is 386 g/mol. The Morgan fingerprint density at radius 1 is 1.46 bits per heavy atom. The van der Waals surface area contributed by atoms with E-state index >= 15 is 0 Å². The van der Waals surface area contributed by atoms with E-state index < -0.39 is 21.3 Å². The molecule has 10 heteroatoms. The number of fused-ring (bicyclic) bond motifs is 1. The van der Waals surface area contributed by atoms with Crippen LogP contribution in [-0.2, 0) is 15.5 Å². The number of benzene rings is 1. The van der Waals surface area contributed by atoms with Gasteiger partial charge in [0.2, 0.25) is 0 Å². The highest BCUT2D eigenvalue weighted by Crippen LogP contribution is 2.25. The fourth-order valence-corrected chi connectivity index (χ4v) is 4.31. The van der Waals surface area contributed by atoms with Crippen LogP contribution in [0.4, 0.5) is 10.5 Å². The summed E-state index contributed by atoms with van der Waals surface area (Å²) in [5.41, 5.74) is -0.00355. The highest BCUT2D eigenvalue weighted by atomic mass is 32.2. The molecule has 0 bridgehead atoms. The molecule has 2 heterocycles. The quantitative estimate of drug-likeness (QED) is 0.560. The summed E-state index contributed by atoms with van der Waals surface area (Å²) in [5, 5.41) is 10.9. The number of hydrogen-bond acceptors (Lipinski definition) is 7. The lowest BCUT2D eigenvalue weighted by Crippen LogP contribution is -2.43. The fraction of sp³-hybridized carbons (Fsp3) is 0.556. The maximum Gasteiger partial charge on any atom is 0.410 e. The second-order valence-electron chi connectivity index (χ2n) is 7.84. The number of nitrogens with zero attached hydrogens (tertiary/aromatic N) is 3. The highest BCUT2D eigenvalue weighted by molar-refractivity contribution is 7.84. The van der Waals surface area contributed by atoms with E-state index in [9.17, 15) is 19.1 Å². The van der Waals surface area contributed by atoms with Crippen molar-refractivity contribution in [2.24, 2.45) is 5.92 Å². The zero-order chi connectivity index (χ0) is 20.5. The molecule has 2 aromatic rings. The van der Waals surface area contributed by atoms with Gasteiger partial charge in [-0.3, -0.25) is 10.1 Å². The third-order valence-electron chi connectivity index (χ3n) is 4.31. The number of amides is 1. The fourth-order valence-electron chi connectivity index (χ4n) is 3.08. The molecule has 0 saturated carbocycles. The molecule has 1 aliphatic rings. The predicted octanol–water partition coefficient (Wildman–Crippen LogP) is 3.49. The molecule has 9 nitrogen and oxygen atoms in total.